The van der Waals surface area contributed by atoms with Gasteiger partial charge in [-0.25, -0.2) is 18.1 Å². The van der Waals surface area contributed by atoms with Gasteiger partial charge in [-0.15, -0.1) is 0 Å². The first-order valence-corrected chi connectivity index (χ1v) is 16.1. The molecule has 7 nitrogen and oxygen atoms in total. The fourth-order valence-corrected chi connectivity index (χ4v) is 7.66. The van der Waals surface area contributed by atoms with Gasteiger partial charge in [-0.2, -0.15) is 0 Å². The van der Waals surface area contributed by atoms with E-state index < -0.39 is 16.1 Å². The number of rotatable bonds is 8. The number of aromatic nitrogens is 2. The molecular weight excluding hydrogens is 544 g/mol. The summed E-state index contributed by atoms with van der Waals surface area (Å²) in [6.45, 7) is 6.62. The van der Waals surface area contributed by atoms with Gasteiger partial charge in [0.25, 0.3) is 0 Å². The van der Waals surface area contributed by atoms with Gasteiger partial charge in [0.2, 0.25) is 15.9 Å². The van der Waals surface area contributed by atoms with Crippen molar-refractivity contribution in [2.24, 2.45) is 13.0 Å². The van der Waals surface area contributed by atoms with Gasteiger partial charge in [-0.1, -0.05) is 62.4 Å². The van der Waals surface area contributed by atoms with Gasteiger partial charge in [-0.3, -0.25) is 4.79 Å². The third-order valence-corrected chi connectivity index (χ3v) is 10.4. The molecule has 2 aliphatic carbocycles. The van der Waals surface area contributed by atoms with Crippen LogP contribution in [0.5, 0.6) is 0 Å². The maximum Gasteiger partial charge on any atom is 0.241 e. The van der Waals surface area contributed by atoms with Crippen LogP contribution in [0.4, 0.5) is 5.69 Å². The Morgan fingerprint density at radius 2 is 1.86 bits per heavy atom. The standard InChI is InChI=1S/C34H38N4O3S/c1-23-9-8-12-26(19-23)42(40,41)36-31-15-16-34(2,3)30-14-13-25(20-29(30)31)38(22-32-35-17-18-37(32)4)33(39)28-21-27(28)24-10-6-5-7-11-24/h5-14,17-20,27-28,31,36H,15-16,21-22H2,1-4H3/t27-,28-,31+/m0/s1. The Bertz CT molecular complexity index is 1730. The molecule has 0 radical (unpaired) electrons. The average molecular weight is 583 g/mol. The second kappa shape index (κ2) is 10.8. The Balaban J connectivity index is 1.36. The number of imidazole rings is 1. The molecule has 0 aliphatic heterocycles. The lowest BCUT2D eigenvalue weighted by molar-refractivity contribution is -0.120. The van der Waals surface area contributed by atoms with Crippen LogP contribution < -0.4 is 9.62 Å². The van der Waals surface area contributed by atoms with Crippen LogP contribution in [0.1, 0.15) is 73.1 Å². The Labute approximate surface area is 248 Å². The molecule has 0 spiro atoms. The molecule has 0 bridgehead atoms. The molecular formula is C34H38N4O3S. The highest BCUT2D eigenvalue weighted by molar-refractivity contribution is 7.89. The molecule has 0 saturated heterocycles. The number of benzene rings is 3. The van der Waals surface area contributed by atoms with Gasteiger partial charge in [0.1, 0.15) is 5.82 Å². The zero-order valence-corrected chi connectivity index (χ0v) is 25.4. The molecule has 3 aromatic carbocycles. The van der Waals surface area contributed by atoms with E-state index in [-0.39, 0.29) is 28.1 Å². The molecule has 2 aliphatic rings. The number of carbonyl (C=O) groups is 1. The van der Waals surface area contributed by atoms with Gasteiger partial charge >= 0.3 is 0 Å². The van der Waals surface area contributed by atoms with Crippen molar-refractivity contribution in [2.45, 2.75) is 68.8 Å². The number of fused-ring (bicyclic) bond motifs is 1. The van der Waals surface area contributed by atoms with Crippen molar-refractivity contribution in [3.8, 4) is 0 Å². The summed E-state index contributed by atoms with van der Waals surface area (Å²) in [5.74, 6) is 0.956. The normalized spacial score (nSPS) is 21.0. The van der Waals surface area contributed by atoms with Crippen molar-refractivity contribution in [3.63, 3.8) is 0 Å². The van der Waals surface area contributed by atoms with Crippen molar-refractivity contribution >= 4 is 21.6 Å². The van der Waals surface area contributed by atoms with E-state index in [9.17, 15) is 13.2 Å². The predicted molar refractivity (Wildman–Crippen MR) is 165 cm³/mol. The van der Waals surface area contributed by atoms with E-state index in [2.05, 4.69) is 41.8 Å². The molecule has 3 atom stereocenters. The maximum absolute atomic E-state index is 14.1. The monoisotopic (exact) mass is 582 g/mol. The highest BCUT2D eigenvalue weighted by atomic mass is 32.2. The fraction of sp³-hybridized carbons (Fsp3) is 0.353. The number of hydrogen-bond donors (Lipinski definition) is 1. The molecule has 1 amide bonds. The van der Waals surface area contributed by atoms with Crippen LogP contribution in [0, 0.1) is 12.8 Å². The minimum atomic E-state index is -3.74. The SMILES string of the molecule is Cc1cccc(S(=O)(=O)N[C@@H]2CCC(C)(C)c3ccc(N(Cc4nccn4C)C(=O)[C@H]4C[C@H]4c4ccccc4)cc32)c1. The molecule has 42 heavy (non-hydrogen) atoms. The Morgan fingerprint density at radius 3 is 2.57 bits per heavy atom. The summed E-state index contributed by atoms with van der Waals surface area (Å²) in [7, 11) is -1.81. The summed E-state index contributed by atoms with van der Waals surface area (Å²) < 4.78 is 31.9. The van der Waals surface area contributed by atoms with E-state index >= 15 is 0 Å². The van der Waals surface area contributed by atoms with E-state index in [1.807, 2.05) is 66.0 Å². The zero-order chi connectivity index (χ0) is 29.6. The maximum atomic E-state index is 14.1. The average Bonchev–Trinajstić information content (AvgIpc) is 3.68. The van der Waals surface area contributed by atoms with E-state index in [0.717, 1.165) is 41.0 Å². The minimum absolute atomic E-state index is 0.0683. The molecule has 1 N–H and O–H groups in total. The highest BCUT2D eigenvalue weighted by Crippen LogP contribution is 2.49. The molecule has 4 aromatic rings. The smallest absolute Gasteiger partial charge is 0.241 e. The lowest BCUT2D eigenvalue weighted by Gasteiger charge is -2.38. The summed E-state index contributed by atoms with van der Waals surface area (Å²) in [6, 6.07) is 22.9. The molecule has 1 aromatic heterocycles. The first-order valence-electron chi connectivity index (χ1n) is 14.6. The molecule has 1 saturated carbocycles. The number of carbonyl (C=O) groups excluding carboxylic acids is 1. The lowest BCUT2D eigenvalue weighted by Crippen LogP contribution is -2.37. The van der Waals surface area contributed by atoms with Crippen LogP contribution in [0.25, 0.3) is 0 Å². The van der Waals surface area contributed by atoms with Gasteiger partial charge in [0.15, 0.2) is 0 Å². The number of aryl methyl sites for hydroxylation is 2. The van der Waals surface area contributed by atoms with Crippen molar-refractivity contribution < 1.29 is 13.2 Å². The van der Waals surface area contributed by atoms with Crippen LogP contribution in [-0.4, -0.2) is 23.9 Å². The first kappa shape index (κ1) is 28.4. The number of sulfonamides is 1. The van der Waals surface area contributed by atoms with E-state index in [0.29, 0.717) is 13.0 Å². The molecule has 1 heterocycles. The Kier molecular flexibility index (Phi) is 7.31. The van der Waals surface area contributed by atoms with E-state index in [1.165, 1.54) is 5.56 Å². The van der Waals surface area contributed by atoms with Crippen LogP contribution in [0.3, 0.4) is 0 Å². The predicted octanol–water partition coefficient (Wildman–Crippen LogP) is 6.16. The van der Waals surface area contributed by atoms with Crippen LogP contribution in [0.2, 0.25) is 0 Å². The van der Waals surface area contributed by atoms with Crippen LogP contribution in [0.15, 0.2) is 90.1 Å². The van der Waals surface area contributed by atoms with Gasteiger partial charge < -0.3 is 9.47 Å². The fourth-order valence-electron chi connectivity index (χ4n) is 6.30. The quantitative estimate of drug-likeness (QED) is 0.270. The largest absolute Gasteiger partial charge is 0.337 e. The Hall–Kier alpha value is -3.75. The van der Waals surface area contributed by atoms with E-state index in [4.69, 9.17) is 0 Å². The molecule has 1 fully saturated rings. The summed E-state index contributed by atoms with van der Waals surface area (Å²) >= 11 is 0. The molecule has 6 rings (SSSR count). The summed E-state index contributed by atoms with van der Waals surface area (Å²) in [5, 5.41) is 0. The highest BCUT2D eigenvalue weighted by Gasteiger charge is 2.46. The second-order valence-electron chi connectivity index (χ2n) is 12.4. The number of anilines is 1. The van der Waals surface area contributed by atoms with E-state index in [1.54, 1.807) is 24.4 Å². The molecule has 8 heteroatoms. The van der Waals surface area contributed by atoms with Crippen LogP contribution in [-0.2, 0) is 33.8 Å². The number of amides is 1. The van der Waals surface area contributed by atoms with Crippen molar-refractivity contribution in [1.29, 1.82) is 0 Å². The number of nitrogens with zero attached hydrogens (tertiary/aromatic N) is 3. The zero-order valence-electron chi connectivity index (χ0n) is 24.6. The third-order valence-electron chi connectivity index (χ3n) is 8.93. The van der Waals surface area contributed by atoms with Gasteiger partial charge in [0.05, 0.1) is 11.4 Å². The summed E-state index contributed by atoms with van der Waals surface area (Å²) in [5.41, 5.74) is 4.74. The second-order valence-corrected chi connectivity index (χ2v) is 14.1. The van der Waals surface area contributed by atoms with Gasteiger partial charge in [-0.05, 0) is 84.0 Å². The molecule has 0 unspecified atom stereocenters. The topological polar surface area (TPSA) is 84.3 Å². The van der Waals surface area contributed by atoms with Crippen LogP contribution >= 0.6 is 0 Å². The summed E-state index contributed by atoms with van der Waals surface area (Å²) in [6.07, 6.45) is 5.95. The number of nitrogens with one attached hydrogen (secondary N) is 1. The van der Waals surface area contributed by atoms with Crippen molar-refractivity contribution in [1.82, 2.24) is 14.3 Å². The lowest BCUT2D eigenvalue weighted by atomic mass is 9.71. The summed E-state index contributed by atoms with van der Waals surface area (Å²) in [4.78, 5) is 20.7. The third kappa shape index (κ3) is 5.53. The Morgan fingerprint density at radius 1 is 1.07 bits per heavy atom. The minimum Gasteiger partial charge on any atom is -0.337 e. The number of hydrogen-bond acceptors (Lipinski definition) is 4. The molecule has 218 valence electrons. The van der Waals surface area contributed by atoms with Crippen molar-refractivity contribution in [3.05, 3.63) is 113 Å². The van der Waals surface area contributed by atoms with Gasteiger partial charge in [0, 0.05) is 37.1 Å². The van der Waals surface area contributed by atoms with Crippen molar-refractivity contribution in [2.75, 3.05) is 4.90 Å². The first-order chi connectivity index (χ1) is 20.0.